The number of nitrogens with zero attached hydrogens (tertiary/aromatic N) is 3. The van der Waals surface area contributed by atoms with Crippen LogP contribution in [0, 0.1) is 0 Å². The van der Waals surface area contributed by atoms with Gasteiger partial charge < -0.3 is 14.2 Å². The predicted octanol–water partition coefficient (Wildman–Crippen LogP) is 3.66. The van der Waals surface area contributed by atoms with E-state index in [-0.39, 0.29) is 12.6 Å². The number of rotatable bonds is 2. The number of fused-ring (bicyclic) bond motifs is 2. The van der Waals surface area contributed by atoms with Gasteiger partial charge in [0.25, 0.3) is 0 Å². The van der Waals surface area contributed by atoms with E-state index >= 15 is 0 Å². The molecular weight excluding hydrogens is 343 g/mol. The lowest BCUT2D eigenvalue weighted by Gasteiger charge is -2.32. The van der Waals surface area contributed by atoms with E-state index in [1.54, 1.807) is 0 Å². The third-order valence-corrected chi connectivity index (χ3v) is 5.35. The van der Waals surface area contributed by atoms with Gasteiger partial charge in [-0.1, -0.05) is 24.3 Å². The van der Waals surface area contributed by atoms with Crippen LogP contribution in [-0.4, -0.2) is 40.7 Å². The molecule has 26 heavy (non-hydrogen) atoms. The van der Waals surface area contributed by atoms with Crippen molar-refractivity contribution >= 4 is 0 Å². The Morgan fingerprint density at radius 1 is 1.12 bits per heavy atom. The fourth-order valence-electron chi connectivity index (χ4n) is 3.90. The third kappa shape index (κ3) is 3.25. The fraction of sp³-hybridized carbons (Fsp3) is 0.526. The van der Waals surface area contributed by atoms with Crippen molar-refractivity contribution in [3.05, 3.63) is 53.1 Å². The topological polar surface area (TPSA) is 30.3 Å². The summed E-state index contributed by atoms with van der Waals surface area (Å²) < 4.78 is 47.8. The normalized spacial score (nSPS) is 21.9. The van der Waals surface area contributed by atoms with Gasteiger partial charge in [-0.25, -0.2) is 4.98 Å². The van der Waals surface area contributed by atoms with Gasteiger partial charge in [0.2, 0.25) is 0 Å². The molecule has 1 aromatic heterocycles. The van der Waals surface area contributed by atoms with Crippen molar-refractivity contribution in [1.29, 1.82) is 0 Å². The summed E-state index contributed by atoms with van der Waals surface area (Å²) >= 11 is 0. The van der Waals surface area contributed by atoms with Gasteiger partial charge in [-0.15, -0.1) is 0 Å². The molecule has 2 aliphatic rings. The minimum absolute atomic E-state index is 0.0295. The van der Waals surface area contributed by atoms with Crippen LogP contribution in [0.4, 0.5) is 13.2 Å². The number of alkyl halides is 3. The van der Waals surface area contributed by atoms with Crippen LogP contribution in [0.25, 0.3) is 0 Å². The Hall–Kier alpha value is -1.86. The van der Waals surface area contributed by atoms with Crippen LogP contribution in [0.15, 0.2) is 30.5 Å². The van der Waals surface area contributed by atoms with E-state index in [9.17, 15) is 13.2 Å². The molecular formula is C19H22F3N3O. The Labute approximate surface area is 150 Å². The summed E-state index contributed by atoms with van der Waals surface area (Å²) in [6.07, 6.45) is -1.71. The molecule has 2 aliphatic heterocycles. The molecule has 7 heteroatoms. The quantitative estimate of drug-likeness (QED) is 0.814. The first-order valence-corrected chi connectivity index (χ1v) is 8.98. The SMILES string of the molecule is CN1CCC(OC2c3ccccc3CCn3c(C(F)(F)F)cnc32)CC1. The highest BCUT2D eigenvalue weighted by Crippen LogP contribution is 2.38. The van der Waals surface area contributed by atoms with Gasteiger partial charge in [-0.05, 0) is 37.4 Å². The van der Waals surface area contributed by atoms with Crippen LogP contribution in [0.1, 0.15) is 41.6 Å². The highest BCUT2D eigenvalue weighted by atomic mass is 19.4. The molecule has 2 aromatic rings. The van der Waals surface area contributed by atoms with Crippen LogP contribution in [-0.2, 0) is 23.9 Å². The maximum absolute atomic E-state index is 13.4. The average molecular weight is 365 g/mol. The zero-order valence-corrected chi connectivity index (χ0v) is 14.7. The Balaban J connectivity index is 1.72. The minimum atomic E-state index is -4.42. The van der Waals surface area contributed by atoms with Gasteiger partial charge in [0.1, 0.15) is 17.6 Å². The van der Waals surface area contributed by atoms with Crippen LogP contribution in [0.3, 0.4) is 0 Å². The Morgan fingerprint density at radius 2 is 1.85 bits per heavy atom. The number of hydrogen-bond acceptors (Lipinski definition) is 3. The van der Waals surface area contributed by atoms with E-state index in [0.29, 0.717) is 12.2 Å². The van der Waals surface area contributed by atoms with Crippen molar-refractivity contribution < 1.29 is 17.9 Å². The molecule has 3 heterocycles. The first-order chi connectivity index (χ1) is 12.4. The second kappa shape index (κ2) is 6.70. The lowest BCUT2D eigenvalue weighted by atomic mass is 10.00. The van der Waals surface area contributed by atoms with Gasteiger partial charge in [0.05, 0.1) is 12.3 Å². The summed E-state index contributed by atoms with van der Waals surface area (Å²) in [6, 6.07) is 7.75. The Morgan fingerprint density at radius 3 is 2.58 bits per heavy atom. The van der Waals surface area contributed by atoms with Crippen molar-refractivity contribution in [3.8, 4) is 0 Å². The number of aromatic nitrogens is 2. The number of benzene rings is 1. The van der Waals surface area contributed by atoms with E-state index in [0.717, 1.165) is 43.3 Å². The molecule has 0 spiro atoms. The Bertz CT molecular complexity index is 779. The van der Waals surface area contributed by atoms with Crippen LogP contribution >= 0.6 is 0 Å². The zero-order valence-electron chi connectivity index (χ0n) is 14.7. The third-order valence-electron chi connectivity index (χ3n) is 5.35. The van der Waals surface area contributed by atoms with Crippen LogP contribution < -0.4 is 0 Å². The van der Waals surface area contributed by atoms with E-state index < -0.39 is 18.0 Å². The van der Waals surface area contributed by atoms with Crippen molar-refractivity contribution in [2.24, 2.45) is 0 Å². The second-order valence-electron chi connectivity index (χ2n) is 7.12. The molecule has 1 aromatic carbocycles. The fourth-order valence-corrected chi connectivity index (χ4v) is 3.90. The Kier molecular flexibility index (Phi) is 4.52. The summed E-state index contributed by atoms with van der Waals surface area (Å²) in [5, 5.41) is 0. The molecule has 140 valence electrons. The number of imidazole rings is 1. The van der Waals surface area contributed by atoms with E-state index in [4.69, 9.17) is 4.74 Å². The summed E-state index contributed by atoms with van der Waals surface area (Å²) in [6.45, 7) is 2.12. The van der Waals surface area contributed by atoms with Gasteiger partial charge >= 0.3 is 6.18 Å². The molecule has 1 saturated heterocycles. The molecule has 1 atom stereocenters. The highest BCUT2D eigenvalue weighted by molar-refractivity contribution is 5.35. The van der Waals surface area contributed by atoms with Gasteiger partial charge in [0.15, 0.2) is 0 Å². The number of likely N-dealkylation sites (tertiary alicyclic amines) is 1. The van der Waals surface area contributed by atoms with Gasteiger partial charge in [-0.3, -0.25) is 0 Å². The highest BCUT2D eigenvalue weighted by Gasteiger charge is 2.39. The maximum atomic E-state index is 13.4. The maximum Gasteiger partial charge on any atom is 0.433 e. The monoisotopic (exact) mass is 365 g/mol. The van der Waals surface area contributed by atoms with E-state index in [1.165, 1.54) is 4.57 Å². The van der Waals surface area contributed by atoms with Crippen molar-refractivity contribution in [2.75, 3.05) is 20.1 Å². The smallest absolute Gasteiger partial charge is 0.362 e. The standard InChI is InChI=1S/C19H22F3N3O/c1-24-9-7-14(8-10-24)26-17-15-5-3-2-4-13(15)6-11-25-16(19(20,21)22)12-23-18(17)25/h2-5,12,14,17H,6-11H2,1H3. The van der Waals surface area contributed by atoms with Gasteiger partial charge in [-0.2, -0.15) is 13.2 Å². The molecule has 4 rings (SSSR count). The average Bonchev–Trinajstić information content (AvgIpc) is 2.98. The van der Waals surface area contributed by atoms with Gasteiger partial charge in [0, 0.05) is 19.6 Å². The molecule has 1 unspecified atom stereocenters. The molecule has 1 fully saturated rings. The number of halogens is 3. The van der Waals surface area contributed by atoms with Crippen molar-refractivity contribution in [3.63, 3.8) is 0 Å². The molecule has 0 bridgehead atoms. The molecule has 0 amide bonds. The zero-order chi connectivity index (χ0) is 18.3. The molecule has 0 saturated carbocycles. The molecule has 4 nitrogen and oxygen atoms in total. The van der Waals surface area contributed by atoms with Crippen LogP contribution in [0.2, 0.25) is 0 Å². The minimum Gasteiger partial charge on any atom is -0.362 e. The van der Waals surface area contributed by atoms with E-state index in [2.05, 4.69) is 16.9 Å². The molecule has 0 radical (unpaired) electrons. The molecule has 0 N–H and O–H groups in total. The summed E-state index contributed by atoms with van der Waals surface area (Å²) in [5.41, 5.74) is 1.27. The summed E-state index contributed by atoms with van der Waals surface area (Å²) in [5.74, 6) is 0.362. The largest absolute Gasteiger partial charge is 0.433 e. The first-order valence-electron chi connectivity index (χ1n) is 8.98. The first kappa shape index (κ1) is 17.5. The number of aryl methyl sites for hydroxylation is 1. The van der Waals surface area contributed by atoms with Crippen molar-refractivity contribution in [1.82, 2.24) is 14.5 Å². The second-order valence-corrected chi connectivity index (χ2v) is 7.12. The number of hydrogen-bond donors (Lipinski definition) is 0. The van der Waals surface area contributed by atoms with Crippen molar-refractivity contribution in [2.45, 2.75) is 44.2 Å². The number of ether oxygens (including phenoxy) is 1. The summed E-state index contributed by atoms with van der Waals surface area (Å²) in [7, 11) is 2.07. The lowest BCUT2D eigenvalue weighted by molar-refractivity contribution is -0.143. The lowest BCUT2D eigenvalue weighted by Crippen LogP contribution is -2.35. The predicted molar refractivity (Wildman–Crippen MR) is 90.8 cm³/mol. The molecule has 0 aliphatic carbocycles. The van der Waals surface area contributed by atoms with E-state index in [1.807, 2.05) is 24.3 Å². The number of piperidine rings is 1. The summed E-state index contributed by atoms with van der Waals surface area (Å²) in [4.78, 5) is 6.39. The van der Waals surface area contributed by atoms with Crippen LogP contribution in [0.5, 0.6) is 0 Å².